The van der Waals surface area contributed by atoms with Crippen LogP contribution in [-0.2, 0) is 19.1 Å². The second kappa shape index (κ2) is 4.09. The predicted molar refractivity (Wildman–Crippen MR) is 65.9 cm³/mol. The Hall–Kier alpha value is -1.32. The zero-order valence-electron chi connectivity index (χ0n) is 10.8. The van der Waals surface area contributed by atoms with Gasteiger partial charge in [0.25, 0.3) is 0 Å². The lowest BCUT2D eigenvalue weighted by atomic mass is 9.93. The molecule has 4 nitrogen and oxygen atoms in total. The van der Waals surface area contributed by atoms with E-state index in [4.69, 9.17) is 9.47 Å². The third kappa shape index (κ3) is 1.80. The summed E-state index contributed by atoms with van der Waals surface area (Å²) in [6, 6.07) is 0. The zero-order chi connectivity index (χ0) is 13.0. The first-order valence-electron chi connectivity index (χ1n) is 7.30. The monoisotopic (exact) mass is 262 g/mol. The van der Waals surface area contributed by atoms with Gasteiger partial charge in [0.15, 0.2) is 0 Å². The van der Waals surface area contributed by atoms with Crippen molar-refractivity contribution in [3.63, 3.8) is 0 Å². The standard InChI is InChI=1S/C15H18O4/c16-14(12-6-8-1-2-9(12)5-8)19-13-10-3-4-11(7-10)18-15(13)17/h1-2,8-13H,3-7H2. The number of carbonyl (C=O) groups is 2. The molecule has 0 spiro atoms. The van der Waals surface area contributed by atoms with Crippen LogP contribution in [0.2, 0.25) is 0 Å². The molecule has 1 saturated heterocycles. The summed E-state index contributed by atoms with van der Waals surface area (Å²) in [5.41, 5.74) is 0. The maximum atomic E-state index is 12.3. The van der Waals surface area contributed by atoms with Crippen LogP contribution in [0.15, 0.2) is 12.2 Å². The lowest BCUT2D eigenvalue weighted by molar-refractivity contribution is -0.182. The van der Waals surface area contributed by atoms with Crippen molar-refractivity contribution in [2.45, 2.75) is 44.3 Å². The molecular weight excluding hydrogens is 244 g/mol. The van der Waals surface area contributed by atoms with Crippen LogP contribution < -0.4 is 0 Å². The predicted octanol–water partition coefficient (Wildman–Crippen LogP) is 1.84. The summed E-state index contributed by atoms with van der Waals surface area (Å²) in [7, 11) is 0. The summed E-state index contributed by atoms with van der Waals surface area (Å²) >= 11 is 0. The number of rotatable bonds is 2. The minimum absolute atomic E-state index is 0.0399. The van der Waals surface area contributed by atoms with Crippen molar-refractivity contribution in [3.8, 4) is 0 Å². The summed E-state index contributed by atoms with van der Waals surface area (Å²) in [6.07, 6.45) is 8.42. The highest BCUT2D eigenvalue weighted by molar-refractivity contribution is 5.82. The summed E-state index contributed by atoms with van der Waals surface area (Å²) in [5, 5.41) is 0. The van der Waals surface area contributed by atoms with Gasteiger partial charge in [0.2, 0.25) is 6.10 Å². The third-order valence-electron chi connectivity index (χ3n) is 5.19. The quantitative estimate of drug-likeness (QED) is 0.563. The van der Waals surface area contributed by atoms with Gasteiger partial charge in [0, 0.05) is 5.92 Å². The molecule has 1 heterocycles. The van der Waals surface area contributed by atoms with Gasteiger partial charge in [-0.25, -0.2) is 4.79 Å². The summed E-state index contributed by atoms with van der Waals surface area (Å²) in [4.78, 5) is 24.1. The van der Waals surface area contributed by atoms with Crippen molar-refractivity contribution in [2.24, 2.45) is 23.7 Å². The lowest BCUT2D eigenvalue weighted by Gasteiger charge is -2.29. The number of carbonyl (C=O) groups excluding carboxylic acids is 2. The average Bonchev–Trinajstić information content (AvgIpc) is 3.09. The number of hydrogen-bond donors (Lipinski definition) is 0. The average molecular weight is 262 g/mol. The van der Waals surface area contributed by atoms with Crippen LogP contribution in [0.4, 0.5) is 0 Å². The molecule has 0 aromatic rings. The number of fused-ring (bicyclic) bond motifs is 4. The van der Waals surface area contributed by atoms with E-state index in [-0.39, 0.29) is 29.9 Å². The van der Waals surface area contributed by atoms with E-state index in [9.17, 15) is 9.59 Å². The molecule has 6 atom stereocenters. The van der Waals surface area contributed by atoms with Gasteiger partial charge in [0.05, 0.1) is 5.92 Å². The highest BCUT2D eigenvalue weighted by Crippen LogP contribution is 2.45. The number of ether oxygens (including phenoxy) is 2. The Kier molecular flexibility index (Phi) is 2.47. The molecule has 0 aromatic carbocycles. The number of esters is 2. The van der Waals surface area contributed by atoms with Crippen LogP contribution in [0.1, 0.15) is 32.1 Å². The maximum Gasteiger partial charge on any atom is 0.348 e. The molecule has 3 aliphatic carbocycles. The highest BCUT2D eigenvalue weighted by Gasteiger charge is 2.47. The van der Waals surface area contributed by atoms with Gasteiger partial charge in [-0.1, -0.05) is 12.2 Å². The molecule has 0 radical (unpaired) electrons. The van der Waals surface area contributed by atoms with Crippen molar-refractivity contribution in [2.75, 3.05) is 0 Å². The molecule has 0 aromatic heterocycles. The molecule has 4 aliphatic rings. The van der Waals surface area contributed by atoms with E-state index < -0.39 is 6.10 Å². The van der Waals surface area contributed by atoms with E-state index in [1.165, 1.54) is 0 Å². The lowest BCUT2D eigenvalue weighted by Crippen LogP contribution is -2.41. The van der Waals surface area contributed by atoms with E-state index in [0.29, 0.717) is 11.8 Å². The Labute approximate surface area is 112 Å². The molecule has 4 rings (SSSR count). The van der Waals surface area contributed by atoms with Crippen molar-refractivity contribution in [3.05, 3.63) is 12.2 Å². The smallest absolute Gasteiger partial charge is 0.348 e. The van der Waals surface area contributed by atoms with Crippen molar-refractivity contribution in [1.82, 2.24) is 0 Å². The fourth-order valence-corrected chi connectivity index (χ4v) is 4.19. The van der Waals surface area contributed by atoms with Crippen LogP contribution in [-0.4, -0.2) is 24.1 Å². The Morgan fingerprint density at radius 2 is 2.11 bits per heavy atom. The molecule has 0 amide bonds. The first kappa shape index (κ1) is 11.5. The minimum atomic E-state index is -0.644. The maximum absolute atomic E-state index is 12.3. The molecule has 4 bridgehead atoms. The Bertz CT molecular complexity index is 455. The normalized spacial score (nSPS) is 46.4. The third-order valence-corrected chi connectivity index (χ3v) is 5.19. The van der Waals surface area contributed by atoms with Gasteiger partial charge in [0.1, 0.15) is 6.10 Å². The van der Waals surface area contributed by atoms with Crippen LogP contribution >= 0.6 is 0 Å². The Morgan fingerprint density at radius 1 is 1.21 bits per heavy atom. The summed E-state index contributed by atoms with van der Waals surface area (Å²) in [6.45, 7) is 0. The molecule has 4 heteroatoms. The summed E-state index contributed by atoms with van der Waals surface area (Å²) < 4.78 is 10.8. The van der Waals surface area contributed by atoms with Gasteiger partial charge in [-0.3, -0.25) is 4.79 Å². The van der Waals surface area contributed by atoms with Crippen LogP contribution in [0.5, 0.6) is 0 Å². The molecular formula is C15H18O4. The van der Waals surface area contributed by atoms with E-state index in [2.05, 4.69) is 12.2 Å². The van der Waals surface area contributed by atoms with E-state index in [1.54, 1.807) is 0 Å². The van der Waals surface area contributed by atoms with Gasteiger partial charge in [-0.2, -0.15) is 0 Å². The van der Waals surface area contributed by atoms with Gasteiger partial charge in [-0.15, -0.1) is 0 Å². The van der Waals surface area contributed by atoms with Crippen LogP contribution in [0, 0.1) is 23.7 Å². The Balaban J connectivity index is 1.44. The van der Waals surface area contributed by atoms with Crippen molar-refractivity contribution >= 4 is 11.9 Å². The topological polar surface area (TPSA) is 52.6 Å². The number of hydrogen-bond acceptors (Lipinski definition) is 4. The summed E-state index contributed by atoms with van der Waals surface area (Å²) in [5.74, 6) is 0.492. The van der Waals surface area contributed by atoms with E-state index >= 15 is 0 Å². The molecule has 6 unspecified atom stereocenters. The fourth-order valence-electron chi connectivity index (χ4n) is 4.19. The fraction of sp³-hybridized carbons (Fsp3) is 0.733. The van der Waals surface area contributed by atoms with Gasteiger partial charge < -0.3 is 9.47 Å². The number of allylic oxidation sites excluding steroid dienone is 2. The largest absolute Gasteiger partial charge is 0.460 e. The van der Waals surface area contributed by atoms with Crippen LogP contribution in [0.25, 0.3) is 0 Å². The van der Waals surface area contributed by atoms with Gasteiger partial charge in [-0.05, 0) is 43.9 Å². The Morgan fingerprint density at radius 3 is 2.84 bits per heavy atom. The van der Waals surface area contributed by atoms with Crippen LogP contribution in [0.3, 0.4) is 0 Å². The zero-order valence-corrected chi connectivity index (χ0v) is 10.8. The molecule has 2 saturated carbocycles. The molecule has 3 fully saturated rings. The van der Waals surface area contributed by atoms with Gasteiger partial charge >= 0.3 is 11.9 Å². The van der Waals surface area contributed by atoms with E-state index in [1.807, 2.05) is 0 Å². The SMILES string of the molecule is O=C(OC1C(=O)OC2CCC1C2)C1CC2C=CC1C2. The second-order valence-corrected chi connectivity index (χ2v) is 6.38. The first-order chi connectivity index (χ1) is 9.20. The molecule has 102 valence electrons. The van der Waals surface area contributed by atoms with Crippen molar-refractivity contribution < 1.29 is 19.1 Å². The molecule has 1 aliphatic heterocycles. The first-order valence-corrected chi connectivity index (χ1v) is 7.30. The minimum Gasteiger partial charge on any atom is -0.460 e. The van der Waals surface area contributed by atoms with E-state index in [0.717, 1.165) is 32.1 Å². The molecule has 0 N–H and O–H groups in total. The second-order valence-electron chi connectivity index (χ2n) is 6.38. The highest BCUT2D eigenvalue weighted by atomic mass is 16.6. The van der Waals surface area contributed by atoms with Crippen molar-refractivity contribution in [1.29, 1.82) is 0 Å². The molecule has 19 heavy (non-hydrogen) atoms.